The summed E-state index contributed by atoms with van der Waals surface area (Å²) in [4.78, 5) is 24.1. The predicted molar refractivity (Wildman–Crippen MR) is 97.5 cm³/mol. The number of methoxy groups -OCH3 is 2. The zero-order chi connectivity index (χ0) is 20.0. The number of amides is 1. The number of carbonyl (C=O) groups is 2. The van der Waals surface area contributed by atoms with E-state index >= 15 is 0 Å². The first-order chi connectivity index (χ1) is 12.8. The van der Waals surface area contributed by atoms with Gasteiger partial charge < -0.3 is 19.5 Å². The van der Waals surface area contributed by atoms with E-state index in [0.29, 0.717) is 17.1 Å². The molecule has 0 bridgehead atoms. The van der Waals surface area contributed by atoms with E-state index in [1.54, 1.807) is 39.2 Å². The van der Waals surface area contributed by atoms with Gasteiger partial charge in [-0.3, -0.25) is 4.79 Å². The Labute approximate surface area is 157 Å². The van der Waals surface area contributed by atoms with Gasteiger partial charge >= 0.3 is 5.97 Å². The van der Waals surface area contributed by atoms with E-state index in [1.807, 2.05) is 0 Å². The van der Waals surface area contributed by atoms with Crippen LogP contribution in [-0.4, -0.2) is 32.7 Å². The Morgan fingerprint density at radius 1 is 1.11 bits per heavy atom. The molecule has 2 rings (SSSR count). The summed E-state index contributed by atoms with van der Waals surface area (Å²) in [6.45, 7) is 2.88. The number of benzene rings is 2. The number of aryl methyl sites for hydroxylation is 1. The monoisotopic (exact) mass is 375 g/mol. The minimum atomic E-state index is -0.768. The van der Waals surface area contributed by atoms with Crippen LogP contribution in [0.5, 0.6) is 11.5 Å². The number of halogens is 1. The Morgan fingerprint density at radius 2 is 1.85 bits per heavy atom. The minimum absolute atomic E-state index is 0.0495. The lowest BCUT2D eigenvalue weighted by atomic mass is 10.1. The number of ether oxygens (including phenoxy) is 3. The van der Waals surface area contributed by atoms with Gasteiger partial charge in [-0.25, -0.2) is 9.18 Å². The first-order valence-electron chi connectivity index (χ1n) is 8.30. The first-order valence-corrected chi connectivity index (χ1v) is 8.30. The van der Waals surface area contributed by atoms with Crippen LogP contribution in [0.3, 0.4) is 0 Å². The van der Waals surface area contributed by atoms with Crippen molar-refractivity contribution in [3.05, 3.63) is 58.9 Å². The van der Waals surface area contributed by atoms with E-state index in [-0.39, 0.29) is 5.56 Å². The minimum Gasteiger partial charge on any atom is -0.497 e. The number of esters is 1. The van der Waals surface area contributed by atoms with Gasteiger partial charge in [0.25, 0.3) is 5.91 Å². The molecule has 6 nitrogen and oxygen atoms in total. The Hall–Kier alpha value is -3.09. The molecule has 0 saturated carbocycles. The van der Waals surface area contributed by atoms with Crippen LogP contribution in [-0.2, 0) is 9.53 Å². The molecule has 2 aromatic carbocycles. The highest BCUT2D eigenvalue weighted by Crippen LogP contribution is 2.29. The Bertz CT molecular complexity index is 837. The topological polar surface area (TPSA) is 73.9 Å². The molecule has 144 valence electrons. The second-order valence-electron chi connectivity index (χ2n) is 5.94. The van der Waals surface area contributed by atoms with Crippen molar-refractivity contribution in [2.45, 2.75) is 19.9 Å². The van der Waals surface area contributed by atoms with E-state index < -0.39 is 30.3 Å². The van der Waals surface area contributed by atoms with Crippen molar-refractivity contribution in [3.8, 4) is 11.5 Å². The van der Waals surface area contributed by atoms with Crippen LogP contribution in [0.15, 0.2) is 36.4 Å². The molecular formula is C20H22FNO5. The summed E-state index contributed by atoms with van der Waals surface area (Å²) in [6.07, 6.45) is 0. The highest BCUT2D eigenvalue weighted by atomic mass is 19.1. The van der Waals surface area contributed by atoms with Crippen LogP contribution < -0.4 is 14.8 Å². The first kappa shape index (κ1) is 20.2. The third-order valence-corrected chi connectivity index (χ3v) is 4.02. The maximum absolute atomic E-state index is 13.5. The quantitative estimate of drug-likeness (QED) is 0.753. The molecule has 1 amide bonds. The fraction of sp³-hybridized carbons (Fsp3) is 0.300. The molecule has 2 aromatic rings. The number of nitrogens with one attached hydrogen (secondary N) is 1. The predicted octanol–water partition coefficient (Wildman–Crippen LogP) is 3.19. The van der Waals surface area contributed by atoms with E-state index in [2.05, 4.69) is 5.32 Å². The molecule has 0 saturated heterocycles. The second kappa shape index (κ2) is 9.02. The number of rotatable bonds is 7. The fourth-order valence-corrected chi connectivity index (χ4v) is 2.47. The van der Waals surface area contributed by atoms with Crippen molar-refractivity contribution in [1.82, 2.24) is 5.32 Å². The lowest BCUT2D eigenvalue weighted by Gasteiger charge is -2.18. The zero-order valence-corrected chi connectivity index (χ0v) is 15.7. The molecule has 0 aliphatic rings. The Kier molecular flexibility index (Phi) is 6.76. The highest BCUT2D eigenvalue weighted by molar-refractivity contribution is 5.91. The SMILES string of the molecule is COc1ccc(OC)c([C@@H](C)NC(=O)COC(=O)c2ccc(C)c(F)c2)c1. The van der Waals surface area contributed by atoms with E-state index in [1.165, 1.54) is 19.2 Å². The fourth-order valence-electron chi connectivity index (χ4n) is 2.47. The Balaban J connectivity index is 1.97. The third kappa shape index (κ3) is 5.20. The average Bonchev–Trinajstić information content (AvgIpc) is 2.67. The molecule has 0 radical (unpaired) electrons. The van der Waals surface area contributed by atoms with Gasteiger partial charge in [0.1, 0.15) is 17.3 Å². The third-order valence-electron chi connectivity index (χ3n) is 4.02. The van der Waals surface area contributed by atoms with Crippen molar-refractivity contribution >= 4 is 11.9 Å². The van der Waals surface area contributed by atoms with Gasteiger partial charge in [0.05, 0.1) is 25.8 Å². The van der Waals surface area contributed by atoms with Gasteiger partial charge in [0, 0.05) is 5.56 Å². The molecule has 7 heteroatoms. The summed E-state index contributed by atoms with van der Waals surface area (Å²) < 4.78 is 29.0. The lowest BCUT2D eigenvalue weighted by molar-refractivity contribution is -0.124. The molecule has 27 heavy (non-hydrogen) atoms. The van der Waals surface area contributed by atoms with Gasteiger partial charge in [0.15, 0.2) is 6.61 Å². The number of hydrogen-bond donors (Lipinski definition) is 1. The van der Waals surface area contributed by atoms with Crippen molar-refractivity contribution < 1.29 is 28.2 Å². The molecule has 1 N–H and O–H groups in total. The van der Waals surface area contributed by atoms with Gasteiger partial charge in [-0.1, -0.05) is 6.07 Å². The van der Waals surface area contributed by atoms with Gasteiger partial charge in [-0.15, -0.1) is 0 Å². The molecule has 0 spiro atoms. The number of carbonyl (C=O) groups excluding carboxylic acids is 2. The van der Waals surface area contributed by atoms with Crippen LogP contribution in [0.4, 0.5) is 4.39 Å². The Morgan fingerprint density at radius 3 is 2.48 bits per heavy atom. The van der Waals surface area contributed by atoms with Crippen molar-refractivity contribution in [2.24, 2.45) is 0 Å². The maximum atomic E-state index is 13.5. The van der Waals surface area contributed by atoms with Gasteiger partial charge in [0.2, 0.25) is 0 Å². The standard InChI is InChI=1S/C20H22FNO5/c1-12-5-6-14(9-17(12)21)20(24)27-11-19(23)22-13(2)16-10-15(25-3)7-8-18(16)26-4/h5-10,13H,11H2,1-4H3,(H,22,23)/t13-/m1/s1. The van der Waals surface area contributed by atoms with Gasteiger partial charge in [-0.05, 0) is 49.7 Å². The summed E-state index contributed by atoms with van der Waals surface area (Å²) >= 11 is 0. The molecule has 0 heterocycles. The van der Waals surface area contributed by atoms with E-state index in [4.69, 9.17) is 14.2 Å². The summed E-state index contributed by atoms with van der Waals surface area (Å²) in [6, 6.07) is 8.84. The number of hydrogen-bond acceptors (Lipinski definition) is 5. The molecule has 0 aromatic heterocycles. The summed E-state index contributed by atoms with van der Waals surface area (Å²) in [5.41, 5.74) is 1.19. The highest BCUT2D eigenvalue weighted by Gasteiger charge is 2.17. The lowest BCUT2D eigenvalue weighted by Crippen LogP contribution is -2.31. The van der Waals surface area contributed by atoms with Gasteiger partial charge in [-0.2, -0.15) is 0 Å². The summed E-state index contributed by atoms with van der Waals surface area (Å²) in [5.74, 6) is -0.549. The largest absolute Gasteiger partial charge is 0.497 e. The van der Waals surface area contributed by atoms with Crippen molar-refractivity contribution in [1.29, 1.82) is 0 Å². The van der Waals surface area contributed by atoms with Crippen molar-refractivity contribution in [2.75, 3.05) is 20.8 Å². The summed E-state index contributed by atoms with van der Waals surface area (Å²) in [5, 5.41) is 2.72. The van der Waals surface area contributed by atoms with Crippen LogP contribution in [0.2, 0.25) is 0 Å². The average molecular weight is 375 g/mol. The molecule has 0 aliphatic carbocycles. The van der Waals surface area contributed by atoms with E-state index in [9.17, 15) is 14.0 Å². The van der Waals surface area contributed by atoms with Crippen LogP contribution in [0, 0.1) is 12.7 Å². The molecular weight excluding hydrogens is 353 g/mol. The van der Waals surface area contributed by atoms with Crippen LogP contribution in [0.1, 0.15) is 34.5 Å². The second-order valence-corrected chi connectivity index (χ2v) is 5.94. The van der Waals surface area contributed by atoms with Crippen LogP contribution in [0.25, 0.3) is 0 Å². The van der Waals surface area contributed by atoms with E-state index in [0.717, 1.165) is 11.6 Å². The normalized spacial score (nSPS) is 11.4. The maximum Gasteiger partial charge on any atom is 0.338 e. The summed E-state index contributed by atoms with van der Waals surface area (Å²) in [7, 11) is 3.07. The molecule has 0 aliphatic heterocycles. The molecule has 0 fully saturated rings. The zero-order valence-electron chi connectivity index (χ0n) is 15.7. The smallest absolute Gasteiger partial charge is 0.338 e. The van der Waals surface area contributed by atoms with Crippen LogP contribution >= 0.6 is 0 Å². The molecule has 0 unspecified atom stereocenters. The molecule has 1 atom stereocenters. The van der Waals surface area contributed by atoms with Crippen molar-refractivity contribution in [3.63, 3.8) is 0 Å².